The number of nitrogens with zero attached hydrogens (tertiary/aromatic N) is 4. The molecule has 0 bridgehead atoms. The van der Waals surface area contributed by atoms with Crippen LogP contribution < -0.4 is 10.2 Å². The minimum absolute atomic E-state index is 0.143. The molecule has 0 saturated carbocycles. The van der Waals surface area contributed by atoms with Crippen molar-refractivity contribution in [3.8, 4) is 0 Å². The zero-order chi connectivity index (χ0) is 28.6. The number of aliphatic hydroxyl groups excluding tert-OH is 1. The summed E-state index contributed by atoms with van der Waals surface area (Å²) >= 11 is 0. The molecule has 1 aromatic carbocycles. The molecule has 0 aliphatic carbocycles. The molecule has 1 aromatic rings. The summed E-state index contributed by atoms with van der Waals surface area (Å²) in [4.78, 5) is 57.0. The third-order valence-corrected chi connectivity index (χ3v) is 8.44. The molecule has 0 aromatic heterocycles. The number of rotatable bonds is 5. The number of aliphatic hydroxyl groups is 1. The van der Waals surface area contributed by atoms with Crippen LogP contribution in [0.2, 0.25) is 0 Å². The molecule has 5 rings (SSSR count). The van der Waals surface area contributed by atoms with Crippen LogP contribution in [0, 0.1) is 5.92 Å². The molecule has 218 valence electrons. The third kappa shape index (κ3) is 6.10. The predicted molar refractivity (Wildman–Crippen MR) is 148 cm³/mol. The van der Waals surface area contributed by atoms with Crippen LogP contribution in [0.3, 0.4) is 0 Å². The Morgan fingerprint density at radius 3 is 2.38 bits per heavy atom. The fourth-order valence-electron chi connectivity index (χ4n) is 6.14. The minimum Gasteiger partial charge on any atom is -0.444 e. The van der Waals surface area contributed by atoms with Gasteiger partial charge < -0.3 is 19.6 Å². The second-order valence-corrected chi connectivity index (χ2v) is 12.4. The van der Waals surface area contributed by atoms with E-state index in [1.807, 2.05) is 37.8 Å². The molecule has 4 heterocycles. The van der Waals surface area contributed by atoms with Crippen LogP contribution in [0.15, 0.2) is 18.2 Å². The summed E-state index contributed by atoms with van der Waals surface area (Å²) in [5.41, 5.74) is 1.39. The average molecular weight is 556 g/mol. The Balaban J connectivity index is 1.09. The van der Waals surface area contributed by atoms with Crippen molar-refractivity contribution in [1.29, 1.82) is 0 Å². The number of nitrogens with one attached hydrogen (secondary N) is 1. The molecule has 4 aliphatic heterocycles. The zero-order valence-electron chi connectivity index (χ0n) is 23.7. The molecule has 4 amide bonds. The first-order valence-corrected chi connectivity index (χ1v) is 14.4. The largest absolute Gasteiger partial charge is 0.444 e. The van der Waals surface area contributed by atoms with Crippen molar-refractivity contribution in [1.82, 2.24) is 20.0 Å². The van der Waals surface area contributed by atoms with E-state index in [1.54, 1.807) is 6.07 Å². The zero-order valence-corrected chi connectivity index (χ0v) is 23.7. The summed E-state index contributed by atoms with van der Waals surface area (Å²) in [6, 6.07) is 4.64. The van der Waals surface area contributed by atoms with Gasteiger partial charge in [-0.3, -0.25) is 29.5 Å². The minimum atomic E-state index is -1.21. The number of amides is 4. The number of anilines is 1. The summed E-state index contributed by atoms with van der Waals surface area (Å²) in [5, 5.41) is 13.3. The lowest BCUT2D eigenvalue weighted by atomic mass is 9.93. The van der Waals surface area contributed by atoms with Crippen LogP contribution in [0.5, 0.6) is 0 Å². The highest BCUT2D eigenvalue weighted by Crippen LogP contribution is 2.37. The molecule has 2 unspecified atom stereocenters. The number of fused-ring (bicyclic) bond motifs is 1. The quantitative estimate of drug-likeness (QED) is 0.530. The lowest BCUT2D eigenvalue weighted by Crippen LogP contribution is -2.53. The van der Waals surface area contributed by atoms with Gasteiger partial charge in [0.05, 0.1) is 0 Å². The number of carbonyl (C=O) groups excluding carboxylic acids is 4. The highest BCUT2D eigenvalue weighted by Gasteiger charge is 2.44. The number of hydrogen-bond acceptors (Lipinski definition) is 8. The van der Waals surface area contributed by atoms with Gasteiger partial charge in [-0.25, -0.2) is 4.79 Å². The van der Waals surface area contributed by atoms with Gasteiger partial charge in [0.15, 0.2) is 6.23 Å². The van der Waals surface area contributed by atoms with Crippen molar-refractivity contribution >= 4 is 29.5 Å². The number of ether oxygens (including phenoxy) is 1. The Morgan fingerprint density at radius 2 is 1.73 bits per heavy atom. The topological polar surface area (TPSA) is 123 Å². The summed E-state index contributed by atoms with van der Waals surface area (Å²) in [7, 11) is 0. The number of piperazine rings is 1. The fraction of sp³-hybridized carbons (Fsp3) is 0.655. The molecule has 11 nitrogen and oxygen atoms in total. The number of hydrogen-bond donors (Lipinski definition) is 2. The number of benzene rings is 1. The van der Waals surface area contributed by atoms with Gasteiger partial charge in [0.1, 0.15) is 11.6 Å². The molecule has 0 spiro atoms. The third-order valence-electron chi connectivity index (χ3n) is 8.44. The maximum Gasteiger partial charge on any atom is 0.410 e. The summed E-state index contributed by atoms with van der Waals surface area (Å²) < 4.78 is 5.50. The molecule has 0 radical (unpaired) electrons. The van der Waals surface area contributed by atoms with Crippen molar-refractivity contribution in [2.75, 3.05) is 50.7 Å². The van der Waals surface area contributed by atoms with Crippen molar-refractivity contribution in [2.24, 2.45) is 5.92 Å². The molecule has 2 N–H and O–H groups in total. The van der Waals surface area contributed by atoms with Crippen molar-refractivity contribution < 1.29 is 29.0 Å². The van der Waals surface area contributed by atoms with Crippen molar-refractivity contribution in [2.45, 2.75) is 70.7 Å². The number of carbonyl (C=O) groups is 4. The Hall–Kier alpha value is -3.18. The molecule has 4 aliphatic rings. The first kappa shape index (κ1) is 28.4. The van der Waals surface area contributed by atoms with E-state index in [0.29, 0.717) is 17.0 Å². The van der Waals surface area contributed by atoms with E-state index in [4.69, 9.17) is 4.74 Å². The molecule has 40 heavy (non-hydrogen) atoms. The van der Waals surface area contributed by atoms with Crippen LogP contribution in [-0.4, -0.2) is 101 Å². The second-order valence-electron chi connectivity index (χ2n) is 12.4. The number of imide groups is 1. The van der Waals surface area contributed by atoms with Gasteiger partial charge in [0, 0.05) is 62.5 Å². The van der Waals surface area contributed by atoms with E-state index in [0.717, 1.165) is 70.8 Å². The van der Waals surface area contributed by atoms with Gasteiger partial charge in [-0.05, 0) is 77.1 Å². The van der Waals surface area contributed by atoms with E-state index in [2.05, 4.69) is 15.1 Å². The fourth-order valence-corrected chi connectivity index (χ4v) is 6.14. The standard InChI is InChI=1S/C29H41N5O6/c1-29(2,3)40-28(39)33-12-9-19(10-13-33)8-11-31-14-16-32(17-15-31)20-4-5-21-22(18-20)27(38)34(26(21)37)23-6-7-24(35)30-25(23)36/h4-5,18-19,23,27,38H,6-17H2,1-3H3,(H,30,35,36). The highest BCUT2D eigenvalue weighted by atomic mass is 16.6. The molecule has 11 heteroatoms. The maximum atomic E-state index is 13.0. The SMILES string of the molecule is CC(C)(C)OC(=O)N1CCC(CCN2CCN(c3ccc4c(c3)C(O)N(C3CCC(=O)NC3=O)C4=O)CC2)CC1. The second kappa shape index (κ2) is 11.4. The van der Waals surface area contributed by atoms with Gasteiger partial charge in [-0.15, -0.1) is 0 Å². The first-order valence-electron chi connectivity index (χ1n) is 14.4. The average Bonchev–Trinajstić information content (AvgIpc) is 3.16. The molecule has 3 fully saturated rings. The highest BCUT2D eigenvalue weighted by molar-refractivity contribution is 6.05. The first-order chi connectivity index (χ1) is 19.0. The van der Waals surface area contributed by atoms with E-state index >= 15 is 0 Å². The van der Waals surface area contributed by atoms with Gasteiger partial charge in [-0.2, -0.15) is 0 Å². The van der Waals surface area contributed by atoms with Gasteiger partial charge in [0.25, 0.3) is 5.91 Å². The molecular weight excluding hydrogens is 514 g/mol. The Bertz CT molecular complexity index is 1150. The maximum absolute atomic E-state index is 13.0. The number of likely N-dealkylation sites (tertiary alicyclic amines) is 1. The van der Waals surface area contributed by atoms with E-state index in [-0.39, 0.29) is 30.7 Å². The molecule has 3 saturated heterocycles. The Kier molecular flexibility index (Phi) is 8.05. The summed E-state index contributed by atoms with van der Waals surface area (Å²) in [5.74, 6) is -0.670. The van der Waals surface area contributed by atoms with Crippen LogP contribution in [-0.2, 0) is 14.3 Å². The monoisotopic (exact) mass is 555 g/mol. The lowest BCUT2D eigenvalue weighted by Gasteiger charge is -2.38. The van der Waals surface area contributed by atoms with E-state index in [9.17, 15) is 24.3 Å². The Morgan fingerprint density at radius 1 is 1.02 bits per heavy atom. The summed E-state index contributed by atoms with van der Waals surface area (Å²) in [6.07, 6.45) is 2.05. The van der Waals surface area contributed by atoms with E-state index in [1.165, 1.54) is 4.90 Å². The number of piperidine rings is 2. The van der Waals surface area contributed by atoms with Gasteiger partial charge in [0.2, 0.25) is 11.8 Å². The van der Waals surface area contributed by atoms with Crippen LogP contribution >= 0.6 is 0 Å². The van der Waals surface area contributed by atoms with Crippen molar-refractivity contribution in [3.63, 3.8) is 0 Å². The molecule has 2 atom stereocenters. The summed E-state index contributed by atoms with van der Waals surface area (Å²) in [6.45, 7) is 11.8. The normalized spacial score (nSPS) is 24.8. The van der Waals surface area contributed by atoms with Gasteiger partial charge >= 0.3 is 6.09 Å². The predicted octanol–water partition coefficient (Wildman–Crippen LogP) is 2.10. The van der Waals surface area contributed by atoms with Crippen LogP contribution in [0.1, 0.15) is 75.0 Å². The molecular formula is C29H41N5O6. The van der Waals surface area contributed by atoms with Crippen molar-refractivity contribution in [3.05, 3.63) is 29.3 Å². The van der Waals surface area contributed by atoms with Crippen LogP contribution in [0.25, 0.3) is 0 Å². The smallest absolute Gasteiger partial charge is 0.410 e. The van der Waals surface area contributed by atoms with Crippen LogP contribution in [0.4, 0.5) is 10.5 Å². The Labute approximate surface area is 235 Å². The van der Waals surface area contributed by atoms with E-state index < -0.39 is 23.8 Å². The van der Waals surface area contributed by atoms with Gasteiger partial charge in [-0.1, -0.05) is 0 Å². The lowest BCUT2D eigenvalue weighted by molar-refractivity contribution is -0.139.